The summed E-state index contributed by atoms with van der Waals surface area (Å²) >= 11 is 0. The van der Waals surface area contributed by atoms with Gasteiger partial charge >= 0.3 is 0 Å². The number of ether oxygens (including phenoxy) is 1. The second-order valence-electron chi connectivity index (χ2n) is 6.39. The molecule has 2 fully saturated rings. The molecule has 23 heavy (non-hydrogen) atoms. The smallest absolute Gasteiger partial charge is 0.254 e. The van der Waals surface area contributed by atoms with Gasteiger partial charge in [0.2, 0.25) is 5.91 Å². The van der Waals surface area contributed by atoms with E-state index in [0.29, 0.717) is 32.6 Å². The summed E-state index contributed by atoms with van der Waals surface area (Å²) < 4.78 is 5.47. The van der Waals surface area contributed by atoms with Crippen molar-refractivity contribution in [1.29, 1.82) is 0 Å². The lowest BCUT2D eigenvalue weighted by molar-refractivity contribution is -0.168. The Hall–Kier alpha value is -1.88. The maximum atomic E-state index is 12.6. The van der Waals surface area contributed by atoms with E-state index in [1.54, 1.807) is 7.11 Å². The minimum atomic E-state index is -0.587. The second-order valence-corrected chi connectivity index (χ2v) is 6.39. The Kier molecular flexibility index (Phi) is 4.66. The molecular formula is C18H24N2O3. The second kappa shape index (κ2) is 6.71. The van der Waals surface area contributed by atoms with Gasteiger partial charge in [0.25, 0.3) is 5.91 Å². The van der Waals surface area contributed by atoms with Gasteiger partial charge in [-0.2, -0.15) is 0 Å². The van der Waals surface area contributed by atoms with E-state index < -0.39 is 5.60 Å². The first kappa shape index (κ1) is 16.0. The Morgan fingerprint density at radius 3 is 2.17 bits per heavy atom. The predicted octanol–water partition coefficient (Wildman–Crippen LogP) is 1.47. The fourth-order valence-electron chi connectivity index (χ4n) is 3.33. The summed E-state index contributed by atoms with van der Waals surface area (Å²) in [5.74, 6) is 0.231. The molecule has 0 spiro atoms. The van der Waals surface area contributed by atoms with E-state index >= 15 is 0 Å². The summed E-state index contributed by atoms with van der Waals surface area (Å²) in [4.78, 5) is 28.7. The van der Waals surface area contributed by atoms with Gasteiger partial charge in [-0.3, -0.25) is 9.59 Å². The number of hydrogen-bond donors (Lipinski definition) is 0. The molecule has 1 saturated heterocycles. The van der Waals surface area contributed by atoms with Crippen LogP contribution in [0, 0.1) is 0 Å². The van der Waals surface area contributed by atoms with Crippen LogP contribution in [0.4, 0.5) is 0 Å². The van der Waals surface area contributed by atoms with Crippen molar-refractivity contribution >= 4 is 11.8 Å². The molecule has 2 amide bonds. The van der Waals surface area contributed by atoms with E-state index in [9.17, 15) is 9.59 Å². The normalized spacial score (nSPS) is 20.0. The first-order valence-corrected chi connectivity index (χ1v) is 8.31. The lowest BCUT2D eigenvalue weighted by Gasteiger charge is -2.44. The Morgan fingerprint density at radius 1 is 1.04 bits per heavy atom. The summed E-state index contributed by atoms with van der Waals surface area (Å²) in [6, 6.07) is 9.78. The highest BCUT2D eigenvalue weighted by molar-refractivity contribution is 5.86. The van der Waals surface area contributed by atoms with E-state index in [2.05, 4.69) is 0 Å². The van der Waals surface area contributed by atoms with Crippen molar-refractivity contribution in [1.82, 2.24) is 9.80 Å². The zero-order valence-electron chi connectivity index (χ0n) is 13.7. The molecule has 1 saturated carbocycles. The number of methoxy groups -OCH3 is 1. The average molecular weight is 316 g/mol. The van der Waals surface area contributed by atoms with Crippen molar-refractivity contribution in [2.45, 2.75) is 31.3 Å². The fourth-order valence-corrected chi connectivity index (χ4v) is 3.33. The Balaban J connectivity index is 1.52. The molecule has 3 rings (SSSR count). The number of carbonyl (C=O) groups excluding carboxylic acids is 2. The van der Waals surface area contributed by atoms with Gasteiger partial charge in [-0.1, -0.05) is 30.3 Å². The minimum Gasteiger partial charge on any atom is -0.368 e. The van der Waals surface area contributed by atoms with Gasteiger partial charge in [0.05, 0.1) is 6.42 Å². The van der Waals surface area contributed by atoms with Gasteiger partial charge < -0.3 is 14.5 Å². The highest BCUT2D eigenvalue weighted by Gasteiger charge is 2.47. The predicted molar refractivity (Wildman–Crippen MR) is 86.9 cm³/mol. The van der Waals surface area contributed by atoms with Gasteiger partial charge in [-0.15, -0.1) is 0 Å². The van der Waals surface area contributed by atoms with Gasteiger partial charge in [-0.05, 0) is 24.8 Å². The maximum absolute atomic E-state index is 12.6. The lowest BCUT2D eigenvalue weighted by Crippen LogP contribution is -2.59. The zero-order valence-corrected chi connectivity index (χ0v) is 13.7. The lowest BCUT2D eigenvalue weighted by atomic mass is 9.78. The molecule has 1 aromatic rings. The average Bonchev–Trinajstić information content (AvgIpc) is 2.55. The molecule has 0 atom stereocenters. The molecule has 0 N–H and O–H groups in total. The molecule has 1 aliphatic carbocycles. The number of rotatable bonds is 4. The summed E-state index contributed by atoms with van der Waals surface area (Å²) in [6.45, 7) is 2.42. The summed E-state index contributed by atoms with van der Waals surface area (Å²) in [5, 5.41) is 0. The van der Waals surface area contributed by atoms with Crippen LogP contribution in [-0.2, 0) is 20.7 Å². The van der Waals surface area contributed by atoms with Crippen molar-refractivity contribution in [3.05, 3.63) is 35.9 Å². The van der Waals surface area contributed by atoms with Crippen LogP contribution < -0.4 is 0 Å². The van der Waals surface area contributed by atoms with E-state index in [-0.39, 0.29) is 11.8 Å². The van der Waals surface area contributed by atoms with Gasteiger partial charge in [0.15, 0.2) is 0 Å². The van der Waals surface area contributed by atoms with E-state index in [0.717, 1.165) is 24.8 Å². The molecule has 5 heteroatoms. The Labute approximate surface area is 137 Å². The minimum absolute atomic E-state index is 0.0985. The van der Waals surface area contributed by atoms with Crippen LogP contribution in [0.2, 0.25) is 0 Å². The quantitative estimate of drug-likeness (QED) is 0.845. The van der Waals surface area contributed by atoms with Crippen LogP contribution in [0.15, 0.2) is 30.3 Å². The number of amides is 2. The first-order chi connectivity index (χ1) is 11.1. The summed E-state index contributed by atoms with van der Waals surface area (Å²) in [6.07, 6.45) is 3.11. The molecule has 0 radical (unpaired) electrons. The molecule has 1 aromatic carbocycles. The number of nitrogens with zero attached hydrogens (tertiary/aromatic N) is 2. The fraction of sp³-hybridized carbons (Fsp3) is 0.556. The first-order valence-electron chi connectivity index (χ1n) is 8.31. The van der Waals surface area contributed by atoms with Gasteiger partial charge in [0.1, 0.15) is 5.60 Å². The molecular weight excluding hydrogens is 292 g/mol. The van der Waals surface area contributed by atoms with Crippen molar-refractivity contribution in [3.63, 3.8) is 0 Å². The Bertz CT molecular complexity index is 555. The van der Waals surface area contributed by atoms with Crippen LogP contribution in [0.5, 0.6) is 0 Å². The van der Waals surface area contributed by atoms with Crippen LogP contribution in [0.3, 0.4) is 0 Å². The molecule has 2 aliphatic rings. The molecule has 1 heterocycles. The van der Waals surface area contributed by atoms with Crippen molar-refractivity contribution in [2.24, 2.45) is 0 Å². The third-order valence-corrected chi connectivity index (χ3v) is 5.06. The van der Waals surface area contributed by atoms with Crippen LogP contribution in [0.1, 0.15) is 24.8 Å². The molecule has 0 aromatic heterocycles. The van der Waals surface area contributed by atoms with E-state index in [1.165, 1.54) is 0 Å². The van der Waals surface area contributed by atoms with E-state index in [4.69, 9.17) is 4.74 Å². The summed E-state index contributed by atoms with van der Waals surface area (Å²) in [5.41, 5.74) is 0.444. The number of piperazine rings is 1. The number of carbonyl (C=O) groups is 2. The summed E-state index contributed by atoms with van der Waals surface area (Å²) in [7, 11) is 1.62. The molecule has 5 nitrogen and oxygen atoms in total. The highest BCUT2D eigenvalue weighted by atomic mass is 16.5. The van der Waals surface area contributed by atoms with Crippen LogP contribution in [0.25, 0.3) is 0 Å². The molecule has 124 valence electrons. The third kappa shape index (κ3) is 3.24. The third-order valence-electron chi connectivity index (χ3n) is 5.06. The maximum Gasteiger partial charge on any atom is 0.254 e. The van der Waals surface area contributed by atoms with Crippen LogP contribution >= 0.6 is 0 Å². The number of hydrogen-bond acceptors (Lipinski definition) is 3. The number of benzene rings is 1. The Morgan fingerprint density at radius 2 is 1.65 bits per heavy atom. The molecule has 1 aliphatic heterocycles. The van der Waals surface area contributed by atoms with Crippen molar-refractivity contribution in [2.75, 3.05) is 33.3 Å². The van der Waals surface area contributed by atoms with Crippen molar-refractivity contribution in [3.8, 4) is 0 Å². The highest BCUT2D eigenvalue weighted by Crippen LogP contribution is 2.36. The molecule has 0 bridgehead atoms. The van der Waals surface area contributed by atoms with Crippen LogP contribution in [-0.4, -0.2) is 60.5 Å². The monoisotopic (exact) mass is 316 g/mol. The van der Waals surface area contributed by atoms with E-state index in [1.807, 2.05) is 40.1 Å². The van der Waals surface area contributed by atoms with Gasteiger partial charge in [0, 0.05) is 33.3 Å². The topological polar surface area (TPSA) is 49.9 Å². The SMILES string of the molecule is COC1(C(=O)N2CCN(C(=O)Cc3ccccc3)CC2)CCC1. The van der Waals surface area contributed by atoms with Crippen molar-refractivity contribution < 1.29 is 14.3 Å². The standard InChI is InChI=1S/C18H24N2O3/c1-23-18(8-5-9-18)17(22)20-12-10-19(11-13-20)16(21)14-15-6-3-2-4-7-15/h2-4,6-7H,5,8-14H2,1H3. The molecule has 0 unspecified atom stereocenters. The zero-order chi connectivity index (χ0) is 16.3. The largest absolute Gasteiger partial charge is 0.368 e. The van der Waals surface area contributed by atoms with Gasteiger partial charge in [-0.25, -0.2) is 0 Å².